The van der Waals surface area contributed by atoms with E-state index in [1.54, 1.807) is 0 Å². The highest BCUT2D eigenvalue weighted by atomic mass is 32.2. The summed E-state index contributed by atoms with van der Waals surface area (Å²) < 4.78 is 0. The Labute approximate surface area is 104 Å². The van der Waals surface area contributed by atoms with Crippen LogP contribution in [0.15, 0.2) is 0 Å². The van der Waals surface area contributed by atoms with Crippen LogP contribution in [0.4, 0.5) is 4.79 Å². The van der Waals surface area contributed by atoms with Crippen LogP contribution in [0.3, 0.4) is 0 Å². The number of thioether (sulfide) groups is 1. The van der Waals surface area contributed by atoms with Gasteiger partial charge in [-0.2, -0.15) is 11.8 Å². The van der Waals surface area contributed by atoms with Crippen LogP contribution in [-0.2, 0) is 4.79 Å². The number of carboxylic acid groups (broad SMARTS) is 1. The first kappa shape index (κ1) is 14.1. The molecule has 0 aromatic rings. The molecule has 1 aliphatic rings. The maximum Gasteiger partial charge on any atom is 0.326 e. The first-order valence-electron chi connectivity index (χ1n) is 5.62. The molecule has 1 rings (SSSR count). The predicted octanol–water partition coefficient (Wildman–Crippen LogP) is 0.0168. The van der Waals surface area contributed by atoms with Crippen molar-refractivity contribution in [2.45, 2.75) is 31.3 Å². The Morgan fingerprint density at radius 3 is 2.53 bits per heavy atom. The van der Waals surface area contributed by atoms with Crippen molar-refractivity contribution in [1.82, 2.24) is 10.6 Å². The van der Waals surface area contributed by atoms with Gasteiger partial charge in [-0.05, 0) is 24.3 Å². The lowest BCUT2D eigenvalue weighted by Gasteiger charge is -2.23. The zero-order valence-corrected chi connectivity index (χ0v) is 10.3. The molecule has 7 heteroatoms. The summed E-state index contributed by atoms with van der Waals surface area (Å²) in [6.45, 7) is -0.267. The Kier molecular flexibility index (Phi) is 6.13. The Hall–Kier alpha value is -0.950. The summed E-state index contributed by atoms with van der Waals surface area (Å²) in [5, 5.41) is 22.6. The van der Waals surface area contributed by atoms with E-state index in [9.17, 15) is 9.59 Å². The second-order valence-corrected chi connectivity index (χ2v) is 5.13. The number of carbonyl (C=O) groups excluding carboxylic acids is 1. The highest BCUT2D eigenvalue weighted by Gasteiger charge is 2.21. The molecule has 0 aromatic carbocycles. The van der Waals surface area contributed by atoms with E-state index in [0.29, 0.717) is 0 Å². The first-order chi connectivity index (χ1) is 8.13. The monoisotopic (exact) mass is 262 g/mol. The largest absolute Gasteiger partial charge is 0.480 e. The third-order valence-corrected chi connectivity index (χ3v) is 3.63. The molecule has 1 saturated heterocycles. The van der Waals surface area contributed by atoms with Crippen molar-refractivity contribution in [3.05, 3.63) is 0 Å². The fraction of sp³-hybridized carbons (Fsp3) is 0.800. The van der Waals surface area contributed by atoms with Crippen LogP contribution < -0.4 is 10.6 Å². The number of hydrogen-bond acceptors (Lipinski definition) is 4. The van der Waals surface area contributed by atoms with Crippen LogP contribution in [-0.4, -0.2) is 52.4 Å². The predicted molar refractivity (Wildman–Crippen MR) is 65.1 cm³/mol. The number of aliphatic hydroxyl groups is 1. The highest BCUT2D eigenvalue weighted by molar-refractivity contribution is 7.99. The van der Waals surface area contributed by atoms with Crippen molar-refractivity contribution in [3.8, 4) is 0 Å². The molecular formula is C10H18N2O4S. The third kappa shape index (κ3) is 5.27. The molecule has 0 spiro atoms. The number of aliphatic hydroxyl groups excluding tert-OH is 1. The van der Waals surface area contributed by atoms with Gasteiger partial charge in [0.2, 0.25) is 0 Å². The SMILES string of the molecule is O=C(NC1CCSCC1)NC(CCO)C(=O)O. The minimum absolute atomic E-state index is 0.0171. The summed E-state index contributed by atoms with van der Waals surface area (Å²) in [6.07, 6.45) is 1.84. The second kappa shape index (κ2) is 7.39. The molecular weight excluding hydrogens is 244 g/mol. The van der Waals surface area contributed by atoms with Gasteiger partial charge in [0.15, 0.2) is 0 Å². The lowest BCUT2D eigenvalue weighted by molar-refractivity contribution is -0.139. The van der Waals surface area contributed by atoms with Gasteiger partial charge >= 0.3 is 12.0 Å². The molecule has 0 saturated carbocycles. The molecule has 0 radical (unpaired) electrons. The Morgan fingerprint density at radius 1 is 1.35 bits per heavy atom. The zero-order chi connectivity index (χ0) is 12.7. The lowest BCUT2D eigenvalue weighted by Crippen LogP contribution is -2.50. The van der Waals surface area contributed by atoms with Gasteiger partial charge in [-0.1, -0.05) is 0 Å². The molecule has 4 N–H and O–H groups in total. The standard InChI is InChI=1S/C10H18N2O4S/c13-4-1-8(9(14)15)12-10(16)11-7-2-5-17-6-3-7/h7-8,13H,1-6H2,(H,14,15)(H2,11,12,16). The van der Waals surface area contributed by atoms with Crippen molar-refractivity contribution in [3.63, 3.8) is 0 Å². The fourth-order valence-corrected chi connectivity index (χ4v) is 2.72. The van der Waals surface area contributed by atoms with Gasteiger partial charge in [0.05, 0.1) is 0 Å². The van der Waals surface area contributed by atoms with Gasteiger partial charge in [0.1, 0.15) is 6.04 Å². The molecule has 0 aromatic heterocycles. The first-order valence-corrected chi connectivity index (χ1v) is 6.77. The smallest absolute Gasteiger partial charge is 0.326 e. The van der Waals surface area contributed by atoms with E-state index in [-0.39, 0.29) is 19.1 Å². The molecule has 1 fully saturated rings. The van der Waals surface area contributed by atoms with E-state index in [0.717, 1.165) is 24.3 Å². The van der Waals surface area contributed by atoms with Crippen LogP contribution in [0, 0.1) is 0 Å². The van der Waals surface area contributed by atoms with Crippen LogP contribution in [0.1, 0.15) is 19.3 Å². The van der Waals surface area contributed by atoms with E-state index in [2.05, 4.69) is 10.6 Å². The molecule has 6 nitrogen and oxygen atoms in total. The van der Waals surface area contributed by atoms with Gasteiger partial charge in [-0.15, -0.1) is 0 Å². The molecule has 17 heavy (non-hydrogen) atoms. The second-order valence-electron chi connectivity index (χ2n) is 3.91. The number of nitrogens with one attached hydrogen (secondary N) is 2. The van der Waals surface area contributed by atoms with Gasteiger partial charge in [-0.25, -0.2) is 9.59 Å². The maximum atomic E-state index is 11.5. The Balaban J connectivity index is 2.33. The molecule has 0 aliphatic carbocycles. The molecule has 1 unspecified atom stereocenters. The number of urea groups is 1. The van der Waals surface area contributed by atoms with Crippen LogP contribution in [0.2, 0.25) is 0 Å². The number of rotatable bonds is 5. The molecule has 0 bridgehead atoms. The van der Waals surface area contributed by atoms with E-state index in [1.807, 2.05) is 11.8 Å². The van der Waals surface area contributed by atoms with Crippen LogP contribution >= 0.6 is 11.8 Å². The molecule has 1 atom stereocenters. The zero-order valence-electron chi connectivity index (χ0n) is 9.52. The van der Waals surface area contributed by atoms with Crippen molar-refractivity contribution >= 4 is 23.8 Å². The van der Waals surface area contributed by atoms with E-state index < -0.39 is 18.0 Å². The third-order valence-electron chi connectivity index (χ3n) is 2.58. The number of amides is 2. The number of carboxylic acids is 1. The number of carbonyl (C=O) groups is 2. The number of hydrogen-bond donors (Lipinski definition) is 4. The summed E-state index contributed by atoms with van der Waals surface area (Å²) in [4.78, 5) is 22.3. The van der Waals surface area contributed by atoms with Crippen LogP contribution in [0.5, 0.6) is 0 Å². The number of aliphatic carboxylic acids is 1. The fourth-order valence-electron chi connectivity index (χ4n) is 1.61. The summed E-state index contributed by atoms with van der Waals surface area (Å²) in [5.41, 5.74) is 0. The van der Waals surface area contributed by atoms with Crippen LogP contribution in [0.25, 0.3) is 0 Å². The van der Waals surface area contributed by atoms with Gasteiger partial charge in [-0.3, -0.25) is 0 Å². The van der Waals surface area contributed by atoms with E-state index in [1.165, 1.54) is 0 Å². The normalized spacial score (nSPS) is 18.4. The maximum absolute atomic E-state index is 11.5. The average Bonchev–Trinajstić information content (AvgIpc) is 2.29. The molecule has 2 amide bonds. The van der Waals surface area contributed by atoms with E-state index >= 15 is 0 Å². The van der Waals surface area contributed by atoms with Crippen molar-refractivity contribution in [2.24, 2.45) is 0 Å². The summed E-state index contributed by atoms with van der Waals surface area (Å²) in [5.74, 6) is 0.904. The Morgan fingerprint density at radius 2 is 2.00 bits per heavy atom. The summed E-state index contributed by atoms with van der Waals surface area (Å²) >= 11 is 1.85. The van der Waals surface area contributed by atoms with Crippen molar-refractivity contribution in [2.75, 3.05) is 18.1 Å². The van der Waals surface area contributed by atoms with Crippen molar-refractivity contribution in [1.29, 1.82) is 0 Å². The quantitative estimate of drug-likeness (QED) is 0.560. The van der Waals surface area contributed by atoms with Crippen molar-refractivity contribution < 1.29 is 19.8 Å². The van der Waals surface area contributed by atoms with Gasteiger partial charge in [0.25, 0.3) is 0 Å². The minimum atomic E-state index is -1.13. The summed E-state index contributed by atoms with van der Waals surface area (Å²) in [7, 11) is 0. The summed E-state index contributed by atoms with van der Waals surface area (Å²) in [6, 6.07) is -1.37. The molecule has 1 heterocycles. The topological polar surface area (TPSA) is 98.7 Å². The molecule has 1 aliphatic heterocycles. The van der Waals surface area contributed by atoms with Gasteiger partial charge < -0.3 is 20.8 Å². The Bertz CT molecular complexity index is 269. The van der Waals surface area contributed by atoms with E-state index in [4.69, 9.17) is 10.2 Å². The van der Waals surface area contributed by atoms with Gasteiger partial charge in [0, 0.05) is 19.1 Å². The average molecular weight is 262 g/mol. The lowest BCUT2D eigenvalue weighted by atomic mass is 10.1. The minimum Gasteiger partial charge on any atom is -0.480 e. The molecule has 98 valence electrons. The highest BCUT2D eigenvalue weighted by Crippen LogP contribution is 2.16.